The van der Waals surface area contributed by atoms with Crippen molar-refractivity contribution >= 4 is 11.8 Å². The molecule has 5 nitrogen and oxygen atoms in total. The van der Waals surface area contributed by atoms with Crippen LogP contribution in [0.3, 0.4) is 0 Å². The third-order valence-corrected chi connectivity index (χ3v) is 2.89. The first-order valence-corrected chi connectivity index (χ1v) is 6.29. The molecule has 1 aromatic rings. The second-order valence-corrected chi connectivity index (χ2v) is 4.53. The molecule has 1 rings (SSSR count). The number of carbonyl (C=O) groups excluding carboxylic acids is 2. The van der Waals surface area contributed by atoms with Crippen LogP contribution in [-0.2, 0) is 9.59 Å². The number of carbonyl (C=O) groups is 2. The highest BCUT2D eigenvalue weighted by atomic mass is 16.2. The Morgan fingerprint density at radius 1 is 1.26 bits per heavy atom. The first-order valence-electron chi connectivity index (χ1n) is 6.29. The molecule has 0 aliphatic rings. The average molecular weight is 263 g/mol. The summed E-state index contributed by atoms with van der Waals surface area (Å²) in [7, 11) is 3.38. The SMILES string of the molecule is CN(C)C(=O)CCNC(=O)C(CN)c1ccccc1. The minimum atomic E-state index is -0.365. The van der Waals surface area contributed by atoms with Crippen LogP contribution in [0.4, 0.5) is 0 Å². The number of hydrogen-bond donors (Lipinski definition) is 2. The van der Waals surface area contributed by atoms with Crippen molar-refractivity contribution in [3.8, 4) is 0 Å². The monoisotopic (exact) mass is 263 g/mol. The van der Waals surface area contributed by atoms with Gasteiger partial charge in [-0.3, -0.25) is 9.59 Å². The smallest absolute Gasteiger partial charge is 0.228 e. The Morgan fingerprint density at radius 3 is 2.42 bits per heavy atom. The van der Waals surface area contributed by atoms with E-state index in [1.807, 2.05) is 30.3 Å². The van der Waals surface area contributed by atoms with Crippen molar-refractivity contribution in [2.45, 2.75) is 12.3 Å². The summed E-state index contributed by atoms with van der Waals surface area (Å²) in [5.41, 5.74) is 6.54. The van der Waals surface area contributed by atoms with Crippen LogP contribution in [-0.4, -0.2) is 43.9 Å². The largest absolute Gasteiger partial charge is 0.355 e. The highest BCUT2D eigenvalue weighted by molar-refractivity contribution is 5.84. The summed E-state index contributed by atoms with van der Waals surface area (Å²) < 4.78 is 0. The van der Waals surface area contributed by atoms with Crippen molar-refractivity contribution < 1.29 is 9.59 Å². The molecule has 0 aliphatic heterocycles. The van der Waals surface area contributed by atoms with Gasteiger partial charge in [0.05, 0.1) is 5.92 Å². The number of rotatable bonds is 6. The number of nitrogens with two attached hydrogens (primary N) is 1. The molecule has 0 spiro atoms. The third kappa shape index (κ3) is 4.71. The van der Waals surface area contributed by atoms with Gasteiger partial charge in [-0.2, -0.15) is 0 Å². The van der Waals surface area contributed by atoms with E-state index in [9.17, 15) is 9.59 Å². The van der Waals surface area contributed by atoms with Crippen LogP contribution in [0.1, 0.15) is 17.9 Å². The van der Waals surface area contributed by atoms with Gasteiger partial charge in [0.1, 0.15) is 0 Å². The van der Waals surface area contributed by atoms with Crippen LogP contribution in [0, 0.1) is 0 Å². The Kier molecular flexibility index (Phi) is 6.02. The number of nitrogens with zero attached hydrogens (tertiary/aromatic N) is 1. The summed E-state index contributed by atoms with van der Waals surface area (Å²) in [6.45, 7) is 0.580. The quantitative estimate of drug-likeness (QED) is 0.776. The summed E-state index contributed by atoms with van der Waals surface area (Å²) in [5.74, 6) is -0.514. The lowest BCUT2D eigenvalue weighted by Crippen LogP contribution is -2.36. The third-order valence-electron chi connectivity index (χ3n) is 2.89. The molecule has 0 aliphatic carbocycles. The van der Waals surface area contributed by atoms with E-state index in [1.54, 1.807) is 14.1 Å². The van der Waals surface area contributed by atoms with Crippen LogP contribution < -0.4 is 11.1 Å². The Labute approximate surface area is 113 Å². The molecule has 19 heavy (non-hydrogen) atoms. The summed E-state index contributed by atoms with van der Waals surface area (Å²) in [6, 6.07) is 9.40. The molecular weight excluding hydrogens is 242 g/mol. The summed E-state index contributed by atoms with van der Waals surface area (Å²) in [6.07, 6.45) is 0.296. The lowest BCUT2D eigenvalue weighted by atomic mass is 9.98. The van der Waals surface area contributed by atoms with Gasteiger partial charge in [-0.1, -0.05) is 30.3 Å². The zero-order chi connectivity index (χ0) is 14.3. The standard InChI is InChI=1S/C14H21N3O2/c1-17(2)13(18)8-9-16-14(19)12(10-15)11-6-4-3-5-7-11/h3-7,12H,8-10,15H2,1-2H3,(H,16,19). The Balaban J connectivity index is 2.50. The van der Waals surface area contributed by atoms with E-state index in [4.69, 9.17) is 5.73 Å². The maximum absolute atomic E-state index is 12.0. The zero-order valence-electron chi connectivity index (χ0n) is 11.4. The zero-order valence-corrected chi connectivity index (χ0v) is 11.4. The maximum atomic E-state index is 12.0. The van der Waals surface area contributed by atoms with Gasteiger partial charge in [0.2, 0.25) is 11.8 Å². The molecule has 0 fully saturated rings. The van der Waals surface area contributed by atoms with E-state index in [0.717, 1.165) is 5.56 Å². The van der Waals surface area contributed by atoms with Crippen molar-refractivity contribution in [3.63, 3.8) is 0 Å². The van der Waals surface area contributed by atoms with Gasteiger partial charge in [0.25, 0.3) is 0 Å². The fourth-order valence-electron chi connectivity index (χ4n) is 1.72. The molecule has 1 atom stereocenters. The van der Waals surface area contributed by atoms with Gasteiger partial charge in [-0.15, -0.1) is 0 Å². The van der Waals surface area contributed by atoms with Gasteiger partial charge in [-0.25, -0.2) is 0 Å². The Hall–Kier alpha value is -1.88. The van der Waals surface area contributed by atoms with Gasteiger partial charge >= 0.3 is 0 Å². The number of amides is 2. The predicted molar refractivity (Wildman–Crippen MR) is 74.6 cm³/mol. The van der Waals surface area contributed by atoms with Crippen LogP contribution in [0.5, 0.6) is 0 Å². The van der Waals surface area contributed by atoms with Crippen molar-refractivity contribution in [1.82, 2.24) is 10.2 Å². The molecule has 2 amide bonds. The average Bonchev–Trinajstić information content (AvgIpc) is 2.40. The number of nitrogens with one attached hydrogen (secondary N) is 1. The maximum Gasteiger partial charge on any atom is 0.228 e. The highest BCUT2D eigenvalue weighted by Crippen LogP contribution is 2.13. The normalized spacial score (nSPS) is 11.7. The summed E-state index contributed by atoms with van der Waals surface area (Å²) >= 11 is 0. The summed E-state index contributed by atoms with van der Waals surface area (Å²) in [5, 5.41) is 2.75. The molecule has 3 N–H and O–H groups in total. The lowest BCUT2D eigenvalue weighted by Gasteiger charge is -2.16. The Morgan fingerprint density at radius 2 is 1.89 bits per heavy atom. The van der Waals surface area contributed by atoms with E-state index in [1.165, 1.54) is 4.90 Å². The molecule has 104 valence electrons. The predicted octanol–water partition coefficient (Wildman–Crippen LogP) is 0.323. The first-order chi connectivity index (χ1) is 9.06. The lowest BCUT2D eigenvalue weighted by molar-refractivity contribution is -0.128. The van der Waals surface area contributed by atoms with Gasteiger partial charge in [-0.05, 0) is 5.56 Å². The van der Waals surface area contributed by atoms with Crippen molar-refractivity contribution in [1.29, 1.82) is 0 Å². The van der Waals surface area contributed by atoms with E-state index >= 15 is 0 Å². The molecule has 0 saturated heterocycles. The van der Waals surface area contributed by atoms with Crippen molar-refractivity contribution in [3.05, 3.63) is 35.9 Å². The van der Waals surface area contributed by atoms with E-state index in [2.05, 4.69) is 5.32 Å². The molecule has 0 saturated carbocycles. The fraction of sp³-hybridized carbons (Fsp3) is 0.429. The fourth-order valence-corrected chi connectivity index (χ4v) is 1.72. The van der Waals surface area contributed by atoms with Crippen LogP contribution in [0.15, 0.2) is 30.3 Å². The highest BCUT2D eigenvalue weighted by Gasteiger charge is 2.18. The molecule has 0 heterocycles. The molecule has 0 bridgehead atoms. The van der Waals surface area contributed by atoms with Crippen LogP contribution in [0.2, 0.25) is 0 Å². The van der Waals surface area contributed by atoms with Crippen LogP contribution in [0.25, 0.3) is 0 Å². The second-order valence-electron chi connectivity index (χ2n) is 4.53. The first kappa shape index (κ1) is 15.2. The number of benzene rings is 1. The number of hydrogen-bond acceptors (Lipinski definition) is 3. The van der Waals surface area contributed by atoms with E-state index < -0.39 is 0 Å². The molecule has 5 heteroatoms. The second kappa shape index (κ2) is 7.53. The molecule has 1 aromatic carbocycles. The van der Waals surface area contributed by atoms with Crippen molar-refractivity contribution in [2.75, 3.05) is 27.2 Å². The minimum absolute atomic E-state index is 0.00990. The van der Waals surface area contributed by atoms with Crippen LogP contribution >= 0.6 is 0 Å². The molecular formula is C14H21N3O2. The van der Waals surface area contributed by atoms with E-state index in [-0.39, 0.29) is 24.3 Å². The Bertz CT molecular complexity index is 418. The molecule has 0 radical (unpaired) electrons. The van der Waals surface area contributed by atoms with E-state index in [0.29, 0.717) is 13.0 Å². The minimum Gasteiger partial charge on any atom is -0.355 e. The van der Waals surface area contributed by atoms with Crippen molar-refractivity contribution in [2.24, 2.45) is 5.73 Å². The van der Waals surface area contributed by atoms with Gasteiger partial charge in [0.15, 0.2) is 0 Å². The van der Waals surface area contributed by atoms with Gasteiger partial charge in [0, 0.05) is 33.6 Å². The molecule has 0 aromatic heterocycles. The molecule has 1 unspecified atom stereocenters. The topological polar surface area (TPSA) is 75.4 Å². The summed E-state index contributed by atoms with van der Waals surface area (Å²) in [4.78, 5) is 24.9. The van der Waals surface area contributed by atoms with Gasteiger partial charge < -0.3 is 16.0 Å².